The molecule has 0 bridgehead atoms. The molecule has 35 heavy (non-hydrogen) atoms. The fourth-order valence-electron chi connectivity index (χ4n) is 4.67. The lowest BCUT2D eigenvalue weighted by atomic mass is 10.2. The zero-order chi connectivity index (χ0) is 24.3. The van der Waals surface area contributed by atoms with Crippen molar-refractivity contribution in [1.29, 1.82) is 0 Å². The lowest BCUT2D eigenvalue weighted by Crippen LogP contribution is -2.70. The molecule has 1 fully saturated rings. The smallest absolute Gasteiger partial charge is 0.330 e. The Hall–Kier alpha value is -3.56. The lowest BCUT2D eigenvalue weighted by molar-refractivity contribution is -0.0416. The predicted molar refractivity (Wildman–Crippen MR) is 136 cm³/mol. The summed E-state index contributed by atoms with van der Waals surface area (Å²) in [5, 5.41) is 14.0. The number of H-pyrrole nitrogens is 1. The molecule has 4 aromatic rings. The molecule has 8 heteroatoms. The average Bonchev–Trinajstić information content (AvgIpc) is 3.26. The molecule has 1 aromatic heterocycles. The summed E-state index contributed by atoms with van der Waals surface area (Å²) < 4.78 is 14.2. The Labute approximate surface area is 203 Å². The highest BCUT2D eigenvalue weighted by Gasteiger charge is 2.44. The van der Waals surface area contributed by atoms with Crippen LogP contribution in [0.15, 0.2) is 113 Å². The van der Waals surface area contributed by atoms with E-state index < -0.39 is 38.0 Å². The maximum absolute atomic E-state index is 12.2. The molecule has 3 aromatic carbocycles. The normalized spacial score (nSPS) is 20.1. The molecule has 0 saturated carbocycles. The van der Waals surface area contributed by atoms with Crippen molar-refractivity contribution in [3.63, 3.8) is 0 Å². The highest BCUT2D eigenvalue weighted by atomic mass is 28.4. The summed E-state index contributed by atoms with van der Waals surface area (Å²) in [4.78, 5) is 25.9. The SMILES string of the molecule is O=c1ccn([C@@H]2CC(O)[C@H](CO[Si](c3ccccc3)(c3ccccc3)c3ccccc3)O2)c(=O)[nH]1. The third-order valence-electron chi connectivity index (χ3n) is 6.37. The van der Waals surface area contributed by atoms with Gasteiger partial charge in [0, 0.05) is 18.7 Å². The first kappa shape index (κ1) is 23.2. The van der Waals surface area contributed by atoms with E-state index in [4.69, 9.17) is 9.16 Å². The third kappa shape index (κ3) is 4.56. The van der Waals surface area contributed by atoms with Gasteiger partial charge in [-0.25, -0.2) is 4.79 Å². The van der Waals surface area contributed by atoms with Crippen LogP contribution < -0.4 is 26.8 Å². The zero-order valence-corrected chi connectivity index (χ0v) is 20.0. The van der Waals surface area contributed by atoms with E-state index in [1.807, 2.05) is 54.6 Å². The highest BCUT2D eigenvalue weighted by Crippen LogP contribution is 2.28. The van der Waals surface area contributed by atoms with Gasteiger partial charge in [0.05, 0.1) is 12.7 Å². The van der Waals surface area contributed by atoms with Gasteiger partial charge in [0.15, 0.2) is 0 Å². The molecule has 2 heterocycles. The number of nitrogens with one attached hydrogen (secondary N) is 1. The molecule has 1 aliphatic rings. The molecule has 0 aliphatic carbocycles. The molecule has 178 valence electrons. The molecule has 5 rings (SSSR count). The number of aliphatic hydroxyl groups excluding tert-OH is 1. The van der Waals surface area contributed by atoms with E-state index in [2.05, 4.69) is 41.4 Å². The van der Waals surface area contributed by atoms with Crippen LogP contribution in [0.4, 0.5) is 0 Å². The van der Waals surface area contributed by atoms with Gasteiger partial charge in [-0.15, -0.1) is 0 Å². The van der Waals surface area contributed by atoms with Crippen LogP contribution in [0.3, 0.4) is 0 Å². The number of hydrogen-bond donors (Lipinski definition) is 2. The Morgan fingerprint density at radius 1 is 0.857 bits per heavy atom. The zero-order valence-electron chi connectivity index (χ0n) is 19.0. The second-order valence-corrected chi connectivity index (χ2v) is 11.9. The summed E-state index contributed by atoms with van der Waals surface area (Å²) in [6.45, 7) is 0.140. The number of aromatic amines is 1. The highest BCUT2D eigenvalue weighted by molar-refractivity contribution is 7.07. The molecule has 3 atom stereocenters. The number of hydrogen-bond acceptors (Lipinski definition) is 5. The van der Waals surface area contributed by atoms with Gasteiger partial charge in [-0.3, -0.25) is 14.3 Å². The average molecular weight is 487 g/mol. The topological polar surface area (TPSA) is 93.6 Å². The van der Waals surface area contributed by atoms with Gasteiger partial charge >= 0.3 is 5.69 Å². The van der Waals surface area contributed by atoms with Crippen LogP contribution in [0.25, 0.3) is 0 Å². The molecule has 0 amide bonds. The first-order valence-electron chi connectivity index (χ1n) is 11.5. The van der Waals surface area contributed by atoms with E-state index in [9.17, 15) is 14.7 Å². The van der Waals surface area contributed by atoms with Crippen molar-refractivity contribution < 1.29 is 14.3 Å². The second-order valence-electron chi connectivity index (χ2n) is 8.54. The first-order valence-corrected chi connectivity index (χ1v) is 13.4. The van der Waals surface area contributed by atoms with Crippen molar-refractivity contribution in [2.24, 2.45) is 0 Å². The first-order chi connectivity index (χ1) is 17.1. The number of ether oxygens (including phenoxy) is 1. The van der Waals surface area contributed by atoms with Crippen LogP contribution in [0.2, 0.25) is 0 Å². The van der Waals surface area contributed by atoms with Gasteiger partial charge in [0.25, 0.3) is 13.9 Å². The molecule has 0 radical (unpaired) electrons. The summed E-state index contributed by atoms with van der Waals surface area (Å²) in [5.41, 5.74) is -1.05. The van der Waals surface area contributed by atoms with Crippen molar-refractivity contribution >= 4 is 23.9 Å². The Morgan fingerprint density at radius 3 is 1.86 bits per heavy atom. The molecular formula is C27H26N2O5Si. The maximum Gasteiger partial charge on any atom is 0.330 e. The van der Waals surface area contributed by atoms with Crippen molar-refractivity contribution in [3.05, 3.63) is 124 Å². The maximum atomic E-state index is 12.2. The lowest BCUT2D eigenvalue weighted by Gasteiger charge is -2.34. The number of benzene rings is 3. The molecule has 1 aliphatic heterocycles. The van der Waals surface area contributed by atoms with Crippen LogP contribution in [0.5, 0.6) is 0 Å². The molecule has 1 saturated heterocycles. The van der Waals surface area contributed by atoms with Gasteiger partial charge < -0.3 is 14.3 Å². The fourth-order valence-corrected chi connectivity index (χ4v) is 8.57. The second kappa shape index (κ2) is 9.97. The standard InChI is InChI=1S/C27H26N2O5Si/c30-23-18-26(29-17-16-25(31)28-27(29)32)34-24(23)19-33-35(20-10-4-1-5-11-20,21-12-6-2-7-13-21)22-14-8-3-9-15-22/h1-17,23-24,26,30H,18-19H2,(H,28,31,32)/t23?,24-,26-/m0/s1. The van der Waals surface area contributed by atoms with Crippen molar-refractivity contribution in [3.8, 4) is 0 Å². The minimum absolute atomic E-state index is 0.140. The molecule has 0 spiro atoms. The summed E-state index contributed by atoms with van der Waals surface area (Å²) in [6, 6.07) is 31.7. The van der Waals surface area contributed by atoms with Crippen LogP contribution in [-0.4, -0.2) is 41.8 Å². The quantitative estimate of drug-likeness (QED) is 0.299. The number of aliphatic hydroxyl groups is 1. The largest absolute Gasteiger partial charge is 0.401 e. The van der Waals surface area contributed by atoms with E-state index >= 15 is 0 Å². The van der Waals surface area contributed by atoms with E-state index in [-0.39, 0.29) is 13.0 Å². The van der Waals surface area contributed by atoms with Gasteiger partial charge in [0.1, 0.15) is 12.3 Å². The predicted octanol–water partition coefficient (Wildman–Crippen LogP) is 0.869. The molecule has 2 N–H and O–H groups in total. The van der Waals surface area contributed by atoms with E-state index in [0.717, 1.165) is 15.6 Å². The van der Waals surface area contributed by atoms with E-state index in [1.54, 1.807) is 0 Å². The van der Waals surface area contributed by atoms with Crippen LogP contribution in [-0.2, 0) is 9.16 Å². The summed E-state index contributed by atoms with van der Waals surface area (Å²) in [5.74, 6) is 0. The van der Waals surface area contributed by atoms with Crippen molar-refractivity contribution in [2.75, 3.05) is 6.61 Å². The molecule has 7 nitrogen and oxygen atoms in total. The van der Waals surface area contributed by atoms with Crippen LogP contribution in [0.1, 0.15) is 12.6 Å². The van der Waals surface area contributed by atoms with E-state index in [0.29, 0.717) is 0 Å². The molecule has 1 unspecified atom stereocenters. The monoisotopic (exact) mass is 486 g/mol. The fraction of sp³-hybridized carbons (Fsp3) is 0.185. The Kier molecular flexibility index (Phi) is 6.61. The van der Waals surface area contributed by atoms with Gasteiger partial charge in [-0.2, -0.15) is 0 Å². The van der Waals surface area contributed by atoms with Crippen LogP contribution >= 0.6 is 0 Å². The van der Waals surface area contributed by atoms with Gasteiger partial charge in [-0.1, -0.05) is 91.0 Å². The van der Waals surface area contributed by atoms with E-state index in [1.165, 1.54) is 16.8 Å². The Balaban J connectivity index is 1.50. The number of nitrogens with zero attached hydrogens (tertiary/aromatic N) is 1. The summed E-state index contributed by atoms with van der Waals surface area (Å²) in [7, 11) is -2.95. The van der Waals surface area contributed by atoms with Gasteiger partial charge in [-0.05, 0) is 15.6 Å². The minimum atomic E-state index is -2.95. The summed E-state index contributed by atoms with van der Waals surface area (Å²) >= 11 is 0. The van der Waals surface area contributed by atoms with Crippen molar-refractivity contribution in [2.45, 2.75) is 24.9 Å². The van der Waals surface area contributed by atoms with Crippen molar-refractivity contribution in [1.82, 2.24) is 9.55 Å². The Bertz CT molecular complexity index is 1280. The number of rotatable bonds is 7. The third-order valence-corrected chi connectivity index (χ3v) is 10.4. The van der Waals surface area contributed by atoms with Crippen LogP contribution in [0, 0.1) is 0 Å². The van der Waals surface area contributed by atoms with Gasteiger partial charge in [0.2, 0.25) is 0 Å². The summed E-state index contributed by atoms with van der Waals surface area (Å²) in [6.07, 6.45) is -0.547. The Morgan fingerprint density at radius 2 is 1.37 bits per heavy atom. The number of aromatic nitrogens is 2. The molecular weight excluding hydrogens is 460 g/mol. The minimum Gasteiger partial charge on any atom is -0.401 e.